The molecule has 0 saturated carbocycles. The summed E-state index contributed by atoms with van der Waals surface area (Å²) in [5.74, 6) is 0.838. The number of aliphatic hydroxyl groups excluding tert-OH is 1. The second-order valence-corrected chi connectivity index (χ2v) is 5.32. The first-order valence-corrected chi connectivity index (χ1v) is 6.15. The molecular weight excluding hydrogens is 172 g/mol. The molecule has 1 atom stereocenters. The van der Waals surface area contributed by atoms with Crippen LogP contribution in [0.4, 0.5) is 0 Å². The van der Waals surface area contributed by atoms with Gasteiger partial charge in [-0.05, 0) is 24.2 Å². The summed E-state index contributed by atoms with van der Waals surface area (Å²) in [7, 11) is 0. The van der Waals surface area contributed by atoms with E-state index in [-0.39, 0.29) is 5.41 Å². The average molecular weight is 200 g/mol. The van der Waals surface area contributed by atoms with Gasteiger partial charge in [0.15, 0.2) is 0 Å². The molecule has 1 nitrogen and oxygen atoms in total. The summed E-state index contributed by atoms with van der Waals surface area (Å²) in [4.78, 5) is 0. The van der Waals surface area contributed by atoms with Crippen molar-refractivity contribution in [2.75, 3.05) is 6.61 Å². The standard InChI is InChI=1S/C13H28O/c1-5-13(4,11-14)10-8-6-7-9-12(2)3/h12,14H,5-11H2,1-4H3. The van der Waals surface area contributed by atoms with Gasteiger partial charge in [0.2, 0.25) is 0 Å². The van der Waals surface area contributed by atoms with Gasteiger partial charge in [-0.25, -0.2) is 0 Å². The van der Waals surface area contributed by atoms with Gasteiger partial charge in [0, 0.05) is 6.61 Å². The van der Waals surface area contributed by atoms with Crippen molar-refractivity contribution in [1.82, 2.24) is 0 Å². The zero-order valence-corrected chi connectivity index (χ0v) is 10.5. The predicted octanol–water partition coefficient (Wildman–Crippen LogP) is 4.00. The molecule has 1 unspecified atom stereocenters. The van der Waals surface area contributed by atoms with Crippen LogP contribution in [0, 0.1) is 11.3 Å². The topological polar surface area (TPSA) is 20.2 Å². The number of hydrogen-bond donors (Lipinski definition) is 1. The van der Waals surface area contributed by atoms with Crippen molar-refractivity contribution < 1.29 is 5.11 Å². The zero-order valence-electron chi connectivity index (χ0n) is 10.5. The maximum atomic E-state index is 9.23. The quantitative estimate of drug-likeness (QED) is 0.587. The van der Waals surface area contributed by atoms with Crippen LogP contribution in [0.15, 0.2) is 0 Å². The molecule has 0 aromatic heterocycles. The van der Waals surface area contributed by atoms with Gasteiger partial charge in [0.25, 0.3) is 0 Å². The molecule has 0 rings (SSSR count). The normalized spacial score (nSPS) is 15.9. The summed E-state index contributed by atoms with van der Waals surface area (Å²) in [6.07, 6.45) is 7.57. The molecule has 0 saturated heterocycles. The highest BCUT2D eigenvalue weighted by atomic mass is 16.3. The van der Waals surface area contributed by atoms with Gasteiger partial charge >= 0.3 is 0 Å². The third kappa shape index (κ3) is 6.42. The molecule has 0 aromatic carbocycles. The molecule has 0 aromatic rings. The van der Waals surface area contributed by atoms with E-state index >= 15 is 0 Å². The van der Waals surface area contributed by atoms with Crippen molar-refractivity contribution in [1.29, 1.82) is 0 Å². The third-order valence-corrected chi connectivity index (χ3v) is 3.30. The minimum atomic E-state index is 0.178. The van der Waals surface area contributed by atoms with E-state index in [1.807, 2.05) is 0 Å². The fourth-order valence-corrected chi connectivity index (χ4v) is 1.65. The van der Waals surface area contributed by atoms with Gasteiger partial charge in [-0.1, -0.05) is 53.4 Å². The lowest BCUT2D eigenvalue weighted by molar-refractivity contribution is 0.125. The number of unbranched alkanes of at least 4 members (excludes halogenated alkanes) is 2. The van der Waals surface area contributed by atoms with Crippen molar-refractivity contribution in [2.24, 2.45) is 11.3 Å². The Hall–Kier alpha value is -0.0400. The predicted molar refractivity (Wildman–Crippen MR) is 63.4 cm³/mol. The summed E-state index contributed by atoms with van der Waals surface area (Å²) in [6, 6.07) is 0. The number of aliphatic hydroxyl groups is 1. The third-order valence-electron chi connectivity index (χ3n) is 3.30. The molecule has 1 heteroatoms. The molecule has 0 aliphatic heterocycles. The van der Waals surface area contributed by atoms with Gasteiger partial charge in [0.05, 0.1) is 0 Å². The van der Waals surface area contributed by atoms with Crippen molar-refractivity contribution >= 4 is 0 Å². The van der Waals surface area contributed by atoms with Gasteiger partial charge in [-0.2, -0.15) is 0 Å². The maximum Gasteiger partial charge on any atom is 0.0484 e. The minimum Gasteiger partial charge on any atom is -0.396 e. The summed E-state index contributed by atoms with van der Waals surface area (Å²) in [5, 5.41) is 9.23. The van der Waals surface area contributed by atoms with Gasteiger partial charge in [0.1, 0.15) is 0 Å². The first-order valence-electron chi connectivity index (χ1n) is 6.15. The molecule has 86 valence electrons. The molecule has 0 heterocycles. The van der Waals surface area contributed by atoms with E-state index < -0.39 is 0 Å². The van der Waals surface area contributed by atoms with Crippen molar-refractivity contribution in [3.63, 3.8) is 0 Å². The number of rotatable bonds is 8. The fraction of sp³-hybridized carbons (Fsp3) is 1.00. The smallest absolute Gasteiger partial charge is 0.0484 e. The minimum absolute atomic E-state index is 0.178. The molecule has 14 heavy (non-hydrogen) atoms. The lowest BCUT2D eigenvalue weighted by Crippen LogP contribution is -2.19. The Bertz CT molecular complexity index is 125. The SMILES string of the molecule is CCC(C)(CO)CCCCCC(C)C. The van der Waals surface area contributed by atoms with Crippen LogP contribution >= 0.6 is 0 Å². The van der Waals surface area contributed by atoms with Crippen LogP contribution < -0.4 is 0 Å². The molecule has 0 radical (unpaired) electrons. The van der Waals surface area contributed by atoms with E-state index in [1.165, 1.54) is 32.1 Å². The Morgan fingerprint density at radius 3 is 2.21 bits per heavy atom. The Balaban J connectivity index is 3.43. The highest BCUT2D eigenvalue weighted by Gasteiger charge is 2.19. The molecule has 1 N–H and O–H groups in total. The van der Waals surface area contributed by atoms with E-state index in [2.05, 4.69) is 27.7 Å². The van der Waals surface area contributed by atoms with E-state index in [0.717, 1.165) is 12.3 Å². The Morgan fingerprint density at radius 2 is 1.79 bits per heavy atom. The van der Waals surface area contributed by atoms with Crippen LogP contribution in [0.2, 0.25) is 0 Å². The highest BCUT2D eigenvalue weighted by Crippen LogP contribution is 2.27. The summed E-state index contributed by atoms with van der Waals surface area (Å²) < 4.78 is 0. The van der Waals surface area contributed by atoms with Crippen LogP contribution in [-0.2, 0) is 0 Å². The monoisotopic (exact) mass is 200 g/mol. The number of hydrogen-bond acceptors (Lipinski definition) is 1. The zero-order chi connectivity index (χ0) is 11.0. The first-order chi connectivity index (χ1) is 6.54. The van der Waals surface area contributed by atoms with Crippen molar-refractivity contribution in [3.8, 4) is 0 Å². The summed E-state index contributed by atoms with van der Waals surface area (Å²) in [6.45, 7) is 9.27. The summed E-state index contributed by atoms with van der Waals surface area (Å²) >= 11 is 0. The second kappa shape index (κ2) is 7.28. The second-order valence-electron chi connectivity index (χ2n) is 5.32. The van der Waals surface area contributed by atoms with Gasteiger partial charge in [-0.3, -0.25) is 0 Å². The van der Waals surface area contributed by atoms with Gasteiger partial charge in [-0.15, -0.1) is 0 Å². The van der Waals surface area contributed by atoms with E-state index in [4.69, 9.17) is 0 Å². The molecule has 0 bridgehead atoms. The molecule has 0 fully saturated rings. The largest absolute Gasteiger partial charge is 0.396 e. The Kier molecular flexibility index (Phi) is 7.26. The van der Waals surface area contributed by atoms with Crippen molar-refractivity contribution in [2.45, 2.75) is 66.2 Å². The molecular formula is C13H28O. The van der Waals surface area contributed by atoms with Crippen LogP contribution in [0.3, 0.4) is 0 Å². The molecule has 0 aliphatic rings. The Morgan fingerprint density at radius 1 is 1.14 bits per heavy atom. The fourth-order valence-electron chi connectivity index (χ4n) is 1.65. The van der Waals surface area contributed by atoms with E-state index in [1.54, 1.807) is 0 Å². The van der Waals surface area contributed by atoms with E-state index in [0.29, 0.717) is 6.61 Å². The van der Waals surface area contributed by atoms with Crippen molar-refractivity contribution in [3.05, 3.63) is 0 Å². The van der Waals surface area contributed by atoms with Crippen LogP contribution in [0.5, 0.6) is 0 Å². The molecule has 0 spiro atoms. The summed E-state index contributed by atoms with van der Waals surface area (Å²) in [5.41, 5.74) is 0.178. The van der Waals surface area contributed by atoms with E-state index in [9.17, 15) is 5.11 Å². The average Bonchev–Trinajstić information content (AvgIpc) is 2.16. The van der Waals surface area contributed by atoms with Gasteiger partial charge < -0.3 is 5.11 Å². The molecule has 0 aliphatic carbocycles. The lowest BCUT2D eigenvalue weighted by atomic mass is 9.83. The highest BCUT2D eigenvalue weighted by molar-refractivity contribution is 4.71. The first kappa shape index (κ1) is 14.0. The van der Waals surface area contributed by atoms with Crippen LogP contribution in [-0.4, -0.2) is 11.7 Å². The lowest BCUT2D eigenvalue weighted by Gasteiger charge is -2.25. The van der Waals surface area contributed by atoms with Crippen LogP contribution in [0.1, 0.15) is 66.2 Å². The van der Waals surface area contributed by atoms with Crippen LogP contribution in [0.25, 0.3) is 0 Å². The Labute approximate surface area is 89.9 Å². The molecule has 0 amide bonds. The maximum absolute atomic E-state index is 9.23.